The third-order valence-electron chi connectivity index (χ3n) is 6.53. The van der Waals surface area contributed by atoms with Crippen LogP contribution in [0.15, 0.2) is 84.0 Å². The van der Waals surface area contributed by atoms with Crippen LogP contribution >= 0.6 is 23.1 Å². The maximum Gasteiger partial charge on any atom is 0.191 e. The monoisotopic (exact) mass is 577 g/mol. The van der Waals surface area contributed by atoms with Crippen LogP contribution in [0, 0.1) is 11.6 Å². The lowest BCUT2D eigenvalue weighted by atomic mass is 9.85. The molecule has 0 spiro atoms. The number of benzene rings is 3. The maximum atomic E-state index is 14.3. The standard InChI is InChI=1S/C30H29F2N5OS2/c1-29(2,18-38)36-26-24-25(33-27(35-26)39-17-19-11-10-16-22(31)23(19)32)34-28(40-24)37-30(3,20-12-6-4-7-13-20)21-14-8-5-9-15-21/h4-16,38H,17-18H2,1-3H3,(H2,33,34,35,36,37). The van der Waals surface area contributed by atoms with Crippen molar-refractivity contribution in [1.82, 2.24) is 15.0 Å². The lowest BCUT2D eigenvalue weighted by molar-refractivity contribution is 0.234. The smallest absolute Gasteiger partial charge is 0.191 e. The number of anilines is 2. The molecule has 0 fully saturated rings. The summed E-state index contributed by atoms with van der Waals surface area (Å²) in [6, 6.07) is 24.4. The number of hydrogen-bond donors (Lipinski definition) is 3. The van der Waals surface area contributed by atoms with Crippen LogP contribution in [0.5, 0.6) is 0 Å². The highest BCUT2D eigenvalue weighted by molar-refractivity contribution is 7.98. The first kappa shape index (κ1) is 27.9. The van der Waals surface area contributed by atoms with E-state index >= 15 is 0 Å². The van der Waals surface area contributed by atoms with Gasteiger partial charge in [-0.3, -0.25) is 0 Å². The van der Waals surface area contributed by atoms with Crippen molar-refractivity contribution in [3.63, 3.8) is 0 Å². The predicted molar refractivity (Wildman–Crippen MR) is 159 cm³/mol. The number of thioether (sulfide) groups is 1. The molecule has 0 unspecified atom stereocenters. The van der Waals surface area contributed by atoms with E-state index in [9.17, 15) is 13.9 Å². The molecule has 6 nitrogen and oxygen atoms in total. The van der Waals surface area contributed by atoms with E-state index in [4.69, 9.17) is 4.98 Å². The number of aliphatic hydroxyl groups excluding tert-OH is 1. The van der Waals surface area contributed by atoms with Gasteiger partial charge in [0, 0.05) is 11.3 Å². The number of hydrogen-bond acceptors (Lipinski definition) is 8. The number of rotatable bonds is 10. The second kappa shape index (κ2) is 11.5. The lowest BCUT2D eigenvalue weighted by Gasteiger charge is -2.32. The Bertz CT molecular complexity index is 1570. The van der Waals surface area contributed by atoms with Crippen LogP contribution in [-0.2, 0) is 11.3 Å². The Morgan fingerprint density at radius 1 is 0.825 bits per heavy atom. The van der Waals surface area contributed by atoms with Crippen molar-refractivity contribution in [3.05, 3.63) is 107 Å². The van der Waals surface area contributed by atoms with Crippen LogP contribution in [0.25, 0.3) is 10.3 Å². The van der Waals surface area contributed by atoms with Gasteiger partial charge >= 0.3 is 0 Å². The minimum atomic E-state index is -0.892. The largest absolute Gasteiger partial charge is 0.394 e. The van der Waals surface area contributed by atoms with Gasteiger partial charge in [0.15, 0.2) is 33.4 Å². The third kappa shape index (κ3) is 5.94. The summed E-state index contributed by atoms with van der Waals surface area (Å²) in [5.74, 6) is -1.11. The minimum Gasteiger partial charge on any atom is -0.394 e. The van der Waals surface area contributed by atoms with Gasteiger partial charge in [0.05, 0.1) is 17.7 Å². The van der Waals surface area contributed by atoms with Crippen molar-refractivity contribution in [3.8, 4) is 0 Å². The first-order chi connectivity index (χ1) is 19.2. The van der Waals surface area contributed by atoms with Gasteiger partial charge in [-0.15, -0.1) is 0 Å². The summed E-state index contributed by atoms with van der Waals surface area (Å²) >= 11 is 2.60. The summed E-state index contributed by atoms with van der Waals surface area (Å²) in [5, 5.41) is 17.8. The summed E-state index contributed by atoms with van der Waals surface area (Å²) in [5.41, 5.74) is 1.57. The summed E-state index contributed by atoms with van der Waals surface area (Å²) < 4.78 is 28.7. The van der Waals surface area contributed by atoms with Gasteiger partial charge in [0.1, 0.15) is 4.70 Å². The molecule has 3 aromatic carbocycles. The molecule has 0 aliphatic heterocycles. The van der Waals surface area contributed by atoms with E-state index in [1.54, 1.807) is 0 Å². The van der Waals surface area contributed by atoms with Gasteiger partial charge in [-0.1, -0.05) is 95.9 Å². The van der Waals surface area contributed by atoms with E-state index in [0.717, 1.165) is 17.2 Å². The van der Waals surface area contributed by atoms with E-state index < -0.39 is 22.7 Å². The predicted octanol–water partition coefficient (Wildman–Crippen LogP) is 7.22. The Morgan fingerprint density at radius 3 is 2.10 bits per heavy atom. The van der Waals surface area contributed by atoms with E-state index in [1.165, 1.54) is 35.2 Å². The number of aromatic nitrogens is 3. The summed E-state index contributed by atoms with van der Waals surface area (Å²) in [6.45, 7) is 5.70. The lowest BCUT2D eigenvalue weighted by Crippen LogP contribution is -2.35. The molecule has 2 heterocycles. The third-order valence-corrected chi connectivity index (χ3v) is 8.40. The van der Waals surface area contributed by atoms with Gasteiger partial charge in [0.2, 0.25) is 0 Å². The second-order valence-corrected chi connectivity index (χ2v) is 12.1. The van der Waals surface area contributed by atoms with Crippen LogP contribution < -0.4 is 10.6 Å². The molecular weight excluding hydrogens is 548 g/mol. The fourth-order valence-corrected chi connectivity index (χ4v) is 6.01. The Kier molecular flexibility index (Phi) is 8.02. The fraction of sp³-hybridized carbons (Fsp3) is 0.233. The van der Waals surface area contributed by atoms with Crippen molar-refractivity contribution < 1.29 is 13.9 Å². The van der Waals surface area contributed by atoms with Crippen molar-refractivity contribution in [1.29, 1.82) is 0 Å². The molecule has 40 heavy (non-hydrogen) atoms. The van der Waals surface area contributed by atoms with Gasteiger partial charge in [-0.25, -0.2) is 18.7 Å². The summed E-state index contributed by atoms with van der Waals surface area (Å²) in [6.07, 6.45) is 0. The van der Waals surface area contributed by atoms with Crippen LogP contribution in [0.3, 0.4) is 0 Å². The maximum absolute atomic E-state index is 14.3. The Labute approximate surface area is 239 Å². The van der Waals surface area contributed by atoms with Crippen LogP contribution in [0.4, 0.5) is 19.7 Å². The Morgan fingerprint density at radius 2 is 1.48 bits per heavy atom. The molecule has 0 radical (unpaired) electrons. The minimum absolute atomic E-state index is 0.126. The number of aliphatic hydroxyl groups is 1. The Hall–Kier alpha value is -3.60. The molecule has 10 heteroatoms. The van der Waals surface area contributed by atoms with Gasteiger partial charge in [-0.2, -0.15) is 4.98 Å². The van der Waals surface area contributed by atoms with Crippen molar-refractivity contribution >= 4 is 44.4 Å². The van der Waals surface area contributed by atoms with E-state index in [1.807, 2.05) is 50.2 Å². The molecule has 2 aromatic heterocycles. The second-order valence-electron chi connectivity index (χ2n) is 10.2. The Balaban J connectivity index is 1.54. The highest BCUT2D eigenvalue weighted by Crippen LogP contribution is 2.39. The van der Waals surface area contributed by atoms with Crippen LogP contribution in [0.2, 0.25) is 0 Å². The molecule has 0 aliphatic rings. The molecule has 0 saturated carbocycles. The number of thiazole rings is 1. The SMILES string of the molecule is CC(C)(CO)Nc1nc(SCc2cccc(F)c2F)nc2nc(NC(C)(c3ccccc3)c3ccccc3)sc12. The van der Waals surface area contributed by atoms with E-state index in [-0.39, 0.29) is 17.9 Å². The fourth-order valence-electron chi connectivity index (χ4n) is 4.24. The molecule has 3 N–H and O–H groups in total. The van der Waals surface area contributed by atoms with Crippen LogP contribution in [0.1, 0.15) is 37.5 Å². The molecule has 0 bridgehead atoms. The van der Waals surface area contributed by atoms with E-state index in [0.29, 0.717) is 26.5 Å². The number of nitrogens with one attached hydrogen (secondary N) is 2. The molecule has 5 aromatic rings. The highest BCUT2D eigenvalue weighted by Gasteiger charge is 2.30. The number of halogens is 2. The summed E-state index contributed by atoms with van der Waals surface area (Å²) in [7, 11) is 0. The van der Waals surface area contributed by atoms with Gasteiger partial charge in [-0.05, 0) is 38.0 Å². The number of fused-ring (bicyclic) bond motifs is 1. The van der Waals surface area contributed by atoms with Gasteiger partial charge in [0.25, 0.3) is 0 Å². The number of nitrogens with zero attached hydrogens (tertiary/aromatic N) is 3. The topological polar surface area (TPSA) is 83.0 Å². The zero-order valence-corrected chi connectivity index (χ0v) is 23.9. The van der Waals surface area contributed by atoms with E-state index in [2.05, 4.69) is 51.8 Å². The van der Waals surface area contributed by atoms with Crippen molar-refractivity contribution in [2.24, 2.45) is 0 Å². The first-order valence-electron chi connectivity index (χ1n) is 12.7. The quantitative estimate of drug-likeness (QED) is 0.119. The van der Waals surface area contributed by atoms with Gasteiger partial charge < -0.3 is 15.7 Å². The first-order valence-corrected chi connectivity index (χ1v) is 14.5. The molecular formula is C30H29F2N5OS2. The highest BCUT2D eigenvalue weighted by atomic mass is 32.2. The molecule has 0 atom stereocenters. The zero-order valence-electron chi connectivity index (χ0n) is 22.3. The molecule has 0 saturated heterocycles. The normalized spacial score (nSPS) is 12.1. The van der Waals surface area contributed by atoms with Crippen LogP contribution in [-0.4, -0.2) is 32.2 Å². The zero-order chi connectivity index (χ0) is 28.3. The molecule has 0 amide bonds. The van der Waals surface area contributed by atoms with Crippen molar-refractivity contribution in [2.45, 2.75) is 42.8 Å². The van der Waals surface area contributed by atoms with Crippen molar-refractivity contribution in [2.75, 3.05) is 17.2 Å². The molecule has 0 aliphatic carbocycles. The average molecular weight is 578 g/mol. The average Bonchev–Trinajstić information content (AvgIpc) is 3.37. The summed E-state index contributed by atoms with van der Waals surface area (Å²) in [4.78, 5) is 14.1. The molecule has 206 valence electrons. The molecule has 5 rings (SSSR count).